The van der Waals surface area contributed by atoms with Crippen molar-refractivity contribution in [2.24, 2.45) is 5.73 Å². The molecule has 0 fully saturated rings. The highest BCUT2D eigenvalue weighted by Gasteiger charge is 2.33. The fraction of sp³-hybridized carbons (Fsp3) is 0.538. The third-order valence-electron chi connectivity index (χ3n) is 2.82. The van der Waals surface area contributed by atoms with Crippen molar-refractivity contribution in [1.82, 2.24) is 4.98 Å². The molecule has 4 nitrogen and oxygen atoms in total. The Morgan fingerprint density at radius 3 is 2.60 bits per heavy atom. The minimum atomic E-state index is -4.56. The van der Waals surface area contributed by atoms with Gasteiger partial charge < -0.3 is 11.1 Å². The molecule has 0 aromatic carbocycles. The van der Waals surface area contributed by atoms with Crippen molar-refractivity contribution >= 4 is 11.7 Å². The quantitative estimate of drug-likeness (QED) is 0.845. The van der Waals surface area contributed by atoms with Crippen LogP contribution in [0, 0.1) is 0 Å². The van der Waals surface area contributed by atoms with Gasteiger partial charge in [0.1, 0.15) is 11.5 Å². The van der Waals surface area contributed by atoms with Crippen molar-refractivity contribution in [3.8, 4) is 0 Å². The van der Waals surface area contributed by atoms with Crippen LogP contribution in [0.15, 0.2) is 12.1 Å². The van der Waals surface area contributed by atoms with Crippen molar-refractivity contribution in [2.45, 2.75) is 45.3 Å². The standard InChI is InChI=1S/C13H18F3N3O/c1-3-4-5-8(2)18-12-9(11(17)20)6-7-10(19-12)13(14,15)16/h6-8H,3-5H2,1-2H3,(H2,17,20)(H,18,19). The van der Waals surface area contributed by atoms with Crippen LogP contribution in [0.5, 0.6) is 0 Å². The molecule has 3 N–H and O–H groups in total. The van der Waals surface area contributed by atoms with Gasteiger partial charge in [-0.1, -0.05) is 19.8 Å². The normalized spacial score (nSPS) is 13.1. The number of unbranched alkanes of at least 4 members (excludes halogenated alkanes) is 1. The average molecular weight is 289 g/mol. The van der Waals surface area contributed by atoms with Crippen LogP contribution >= 0.6 is 0 Å². The second-order valence-electron chi connectivity index (χ2n) is 4.64. The van der Waals surface area contributed by atoms with Crippen LogP contribution < -0.4 is 11.1 Å². The Bertz CT molecular complexity index is 474. The zero-order valence-electron chi connectivity index (χ0n) is 11.4. The highest BCUT2D eigenvalue weighted by atomic mass is 19.4. The fourth-order valence-electron chi connectivity index (χ4n) is 1.74. The van der Waals surface area contributed by atoms with E-state index >= 15 is 0 Å². The van der Waals surface area contributed by atoms with Gasteiger partial charge in [0.05, 0.1) is 5.56 Å². The van der Waals surface area contributed by atoms with Crippen molar-refractivity contribution in [1.29, 1.82) is 0 Å². The molecule has 0 spiro atoms. The van der Waals surface area contributed by atoms with Crippen molar-refractivity contribution in [3.05, 3.63) is 23.4 Å². The van der Waals surface area contributed by atoms with Gasteiger partial charge in [0.2, 0.25) is 0 Å². The number of primary amides is 1. The third kappa shape index (κ3) is 4.40. The van der Waals surface area contributed by atoms with Crippen molar-refractivity contribution in [3.63, 3.8) is 0 Å². The maximum absolute atomic E-state index is 12.6. The SMILES string of the molecule is CCCCC(C)Nc1nc(C(F)(F)F)ccc1C(N)=O. The summed E-state index contributed by atoms with van der Waals surface area (Å²) < 4.78 is 37.9. The van der Waals surface area contributed by atoms with Gasteiger partial charge in [0.25, 0.3) is 5.91 Å². The molecule has 0 bridgehead atoms. The molecule has 1 aromatic heterocycles. The molecule has 1 amide bonds. The van der Waals surface area contributed by atoms with Crippen LogP contribution in [0.4, 0.5) is 19.0 Å². The second kappa shape index (κ2) is 6.58. The maximum atomic E-state index is 12.6. The van der Waals surface area contributed by atoms with E-state index < -0.39 is 17.8 Å². The number of anilines is 1. The van der Waals surface area contributed by atoms with E-state index in [0.29, 0.717) is 0 Å². The molecular formula is C13H18F3N3O. The van der Waals surface area contributed by atoms with E-state index in [-0.39, 0.29) is 17.4 Å². The summed E-state index contributed by atoms with van der Waals surface area (Å²) >= 11 is 0. The largest absolute Gasteiger partial charge is 0.433 e. The van der Waals surface area contributed by atoms with Gasteiger partial charge in [0.15, 0.2) is 0 Å². The molecule has 0 radical (unpaired) electrons. The Labute approximate surface area is 115 Å². The second-order valence-corrected chi connectivity index (χ2v) is 4.64. The first-order valence-corrected chi connectivity index (χ1v) is 6.40. The monoisotopic (exact) mass is 289 g/mol. The predicted octanol–water partition coefficient (Wildman–Crippen LogP) is 3.19. The first-order valence-electron chi connectivity index (χ1n) is 6.40. The number of rotatable bonds is 6. The number of nitrogens with two attached hydrogens (primary N) is 1. The summed E-state index contributed by atoms with van der Waals surface area (Å²) in [6.45, 7) is 3.84. The molecule has 0 aliphatic carbocycles. The average Bonchev–Trinajstić information content (AvgIpc) is 2.34. The smallest absolute Gasteiger partial charge is 0.367 e. The number of halogens is 3. The summed E-state index contributed by atoms with van der Waals surface area (Å²) in [6.07, 6.45) is -1.88. The Morgan fingerprint density at radius 1 is 1.45 bits per heavy atom. The molecular weight excluding hydrogens is 271 g/mol. The number of carbonyl (C=O) groups excluding carboxylic acids is 1. The molecule has 112 valence electrons. The van der Waals surface area contributed by atoms with E-state index in [9.17, 15) is 18.0 Å². The number of hydrogen-bond acceptors (Lipinski definition) is 3. The minimum absolute atomic E-state index is 0.0404. The van der Waals surface area contributed by atoms with E-state index in [1.165, 1.54) is 0 Å². The number of amides is 1. The first-order chi connectivity index (χ1) is 9.25. The zero-order valence-corrected chi connectivity index (χ0v) is 11.4. The van der Waals surface area contributed by atoms with Crippen LogP contribution in [0.1, 0.15) is 49.2 Å². The molecule has 1 rings (SSSR count). The molecule has 20 heavy (non-hydrogen) atoms. The summed E-state index contributed by atoms with van der Waals surface area (Å²) in [5.74, 6) is -0.924. The van der Waals surface area contributed by atoms with Crippen molar-refractivity contribution < 1.29 is 18.0 Å². The van der Waals surface area contributed by atoms with Gasteiger partial charge in [0, 0.05) is 6.04 Å². The molecule has 1 heterocycles. The van der Waals surface area contributed by atoms with E-state index in [1.807, 2.05) is 13.8 Å². The number of carbonyl (C=O) groups is 1. The summed E-state index contributed by atoms with van der Waals surface area (Å²) in [6, 6.07) is 1.71. The number of nitrogens with one attached hydrogen (secondary N) is 1. The van der Waals surface area contributed by atoms with Crippen LogP contribution in [-0.2, 0) is 6.18 Å². The van der Waals surface area contributed by atoms with Gasteiger partial charge in [-0.25, -0.2) is 4.98 Å². The Balaban J connectivity index is 3.03. The van der Waals surface area contributed by atoms with Crippen LogP contribution in [0.3, 0.4) is 0 Å². The Hall–Kier alpha value is -1.79. The Kier molecular flexibility index (Phi) is 5.35. The Morgan fingerprint density at radius 2 is 2.10 bits per heavy atom. The zero-order chi connectivity index (χ0) is 15.3. The predicted molar refractivity (Wildman–Crippen MR) is 70.4 cm³/mol. The van der Waals surface area contributed by atoms with E-state index in [1.54, 1.807) is 0 Å². The molecule has 0 saturated carbocycles. The summed E-state index contributed by atoms with van der Waals surface area (Å²) in [5, 5.41) is 2.83. The van der Waals surface area contributed by atoms with Crippen LogP contribution in [-0.4, -0.2) is 16.9 Å². The summed E-state index contributed by atoms with van der Waals surface area (Å²) in [7, 11) is 0. The lowest BCUT2D eigenvalue weighted by molar-refractivity contribution is -0.141. The number of aromatic nitrogens is 1. The van der Waals surface area contributed by atoms with Crippen LogP contribution in [0.25, 0.3) is 0 Å². The van der Waals surface area contributed by atoms with Gasteiger partial charge >= 0.3 is 6.18 Å². The van der Waals surface area contributed by atoms with Gasteiger partial charge in [-0.2, -0.15) is 13.2 Å². The molecule has 7 heteroatoms. The molecule has 1 atom stereocenters. The highest BCUT2D eigenvalue weighted by molar-refractivity contribution is 5.97. The molecule has 1 unspecified atom stereocenters. The maximum Gasteiger partial charge on any atom is 0.433 e. The lowest BCUT2D eigenvalue weighted by atomic mass is 10.1. The number of alkyl halides is 3. The summed E-state index contributed by atoms with van der Waals surface area (Å²) in [5.41, 5.74) is 4.06. The topological polar surface area (TPSA) is 68.0 Å². The van der Waals surface area contributed by atoms with Gasteiger partial charge in [-0.3, -0.25) is 4.79 Å². The highest BCUT2D eigenvalue weighted by Crippen LogP contribution is 2.29. The lowest BCUT2D eigenvalue weighted by Gasteiger charge is -2.17. The number of hydrogen-bond donors (Lipinski definition) is 2. The summed E-state index contributed by atoms with van der Waals surface area (Å²) in [4.78, 5) is 14.7. The molecule has 0 saturated heterocycles. The third-order valence-corrected chi connectivity index (χ3v) is 2.82. The fourth-order valence-corrected chi connectivity index (χ4v) is 1.74. The molecule has 1 aromatic rings. The molecule has 0 aliphatic rings. The van der Waals surface area contributed by atoms with E-state index in [0.717, 1.165) is 31.4 Å². The van der Waals surface area contributed by atoms with E-state index in [2.05, 4.69) is 10.3 Å². The first kappa shape index (κ1) is 16.3. The number of nitrogens with zero attached hydrogens (tertiary/aromatic N) is 1. The van der Waals surface area contributed by atoms with Crippen molar-refractivity contribution in [2.75, 3.05) is 5.32 Å². The van der Waals surface area contributed by atoms with Gasteiger partial charge in [-0.05, 0) is 25.5 Å². The minimum Gasteiger partial charge on any atom is -0.367 e. The van der Waals surface area contributed by atoms with Crippen LogP contribution in [0.2, 0.25) is 0 Å². The molecule has 0 aliphatic heterocycles. The van der Waals surface area contributed by atoms with E-state index in [4.69, 9.17) is 5.73 Å². The van der Waals surface area contributed by atoms with Gasteiger partial charge in [-0.15, -0.1) is 0 Å². The number of pyridine rings is 1. The lowest BCUT2D eigenvalue weighted by Crippen LogP contribution is -2.22.